The highest BCUT2D eigenvalue weighted by Gasteiger charge is 2.18. The molecule has 9 heteroatoms. The van der Waals surface area contributed by atoms with Crippen LogP contribution in [0.2, 0.25) is 0 Å². The number of amides is 1. The Morgan fingerprint density at radius 2 is 1.87 bits per heavy atom. The van der Waals surface area contributed by atoms with Crippen molar-refractivity contribution in [1.29, 1.82) is 0 Å². The second-order valence-corrected chi connectivity index (χ2v) is 8.60. The molecule has 0 saturated heterocycles. The molecule has 30 heavy (non-hydrogen) atoms. The normalized spacial score (nSPS) is 11.2. The fourth-order valence-electron chi connectivity index (χ4n) is 3.06. The van der Waals surface area contributed by atoms with Crippen LogP contribution in [0.4, 0.5) is 11.4 Å². The van der Waals surface area contributed by atoms with Crippen LogP contribution in [-0.4, -0.2) is 37.5 Å². The van der Waals surface area contributed by atoms with Crippen LogP contribution in [0.15, 0.2) is 48.7 Å². The van der Waals surface area contributed by atoms with Gasteiger partial charge in [-0.2, -0.15) is 5.10 Å². The predicted octanol–water partition coefficient (Wildman–Crippen LogP) is 3.38. The number of anilines is 2. The molecular formula is C21H24N4O4S. The number of nitrogens with one attached hydrogen (secondary N) is 2. The van der Waals surface area contributed by atoms with E-state index in [1.54, 1.807) is 23.0 Å². The lowest BCUT2D eigenvalue weighted by molar-refractivity contribution is 0.102. The van der Waals surface area contributed by atoms with Crippen LogP contribution < -0.4 is 14.8 Å². The van der Waals surface area contributed by atoms with Gasteiger partial charge in [0.2, 0.25) is 10.0 Å². The molecule has 0 aliphatic carbocycles. The van der Waals surface area contributed by atoms with Gasteiger partial charge in [-0.3, -0.25) is 9.52 Å². The van der Waals surface area contributed by atoms with Gasteiger partial charge in [0.05, 0.1) is 42.2 Å². The zero-order valence-corrected chi connectivity index (χ0v) is 18.1. The fourth-order valence-corrected chi connectivity index (χ4v) is 3.63. The average Bonchev–Trinajstić information content (AvgIpc) is 3.12. The van der Waals surface area contributed by atoms with E-state index in [1.807, 2.05) is 38.1 Å². The summed E-state index contributed by atoms with van der Waals surface area (Å²) < 4.78 is 32.3. The smallest absolute Gasteiger partial charge is 0.259 e. The molecule has 0 saturated carbocycles. The zero-order chi connectivity index (χ0) is 21.9. The Balaban J connectivity index is 1.87. The molecule has 2 N–H and O–H groups in total. The van der Waals surface area contributed by atoms with E-state index in [1.165, 1.54) is 13.2 Å². The third kappa shape index (κ3) is 4.80. The Bertz CT molecular complexity index is 1170. The SMILES string of the molecule is CCc1c(C(=O)Nc2ccc(NS(C)(=O)=O)c(OC)c2)cnn1-c1ccc(C)cc1. The van der Waals surface area contributed by atoms with Crippen LogP contribution in [0.5, 0.6) is 5.75 Å². The molecule has 8 nitrogen and oxygen atoms in total. The highest BCUT2D eigenvalue weighted by Crippen LogP contribution is 2.29. The van der Waals surface area contributed by atoms with E-state index in [9.17, 15) is 13.2 Å². The quantitative estimate of drug-likeness (QED) is 0.601. The maximum Gasteiger partial charge on any atom is 0.259 e. The summed E-state index contributed by atoms with van der Waals surface area (Å²) in [4.78, 5) is 12.9. The van der Waals surface area contributed by atoms with Crippen LogP contribution in [0.1, 0.15) is 28.5 Å². The van der Waals surface area contributed by atoms with E-state index < -0.39 is 10.0 Å². The number of carbonyl (C=O) groups is 1. The third-order valence-electron chi connectivity index (χ3n) is 4.48. The van der Waals surface area contributed by atoms with Crippen LogP contribution in [-0.2, 0) is 16.4 Å². The highest BCUT2D eigenvalue weighted by atomic mass is 32.2. The fraction of sp³-hybridized carbons (Fsp3) is 0.238. The third-order valence-corrected chi connectivity index (χ3v) is 5.07. The van der Waals surface area contributed by atoms with Crippen LogP contribution >= 0.6 is 0 Å². The first-order valence-corrected chi connectivity index (χ1v) is 11.2. The van der Waals surface area contributed by atoms with Crippen molar-refractivity contribution in [2.24, 2.45) is 0 Å². The van der Waals surface area contributed by atoms with Gasteiger partial charge in [-0.25, -0.2) is 13.1 Å². The van der Waals surface area contributed by atoms with E-state index in [2.05, 4.69) is 15.1 Å². The van der Waals surface area contributed by atoms with Crippen LogP contribution in [0.25, 0.3) is 5.69 Å². The summed E-state index contributed by atoms with van der Waals surface area (Å²) >= 11 is 0. The number of aryl methyl sites for hydroxylation is 1. The lowest BCUT2D eigenvalue weighted by Gasteiger charge is -2.12. The summed E-state index contributed by atoms with van der Waals surface area (Å²) in [5.74, 6) is -0.0135. The van der Waals surface area contributed by atoms with Crippen molar-refractivity contribution >= 4 is 27.3 Å². The van der Waals surface area contributed by atoms with E-state index in [-0.39, 0.29) is 5.91 Å². The van der Waals surface area contributed by atoms with Gasteiger partial charge in [0, 0.05) is 11.8 Å². The number of nitrogens with zero attached hydrogens (tertiary/aromatic N) is 2. The second-order valence-electron chi connectivity index (χ2n) is 6.85. The van der Waals surface area contributed by atoms with Crippen molar-refractivity contribution in [2.75, 3.05) is 23.4 Å². The van der Waals surface area contributed by atoms with Gasteiger partial charge in [0.15, 0.2) is 0 Å². The predicted molar refractivity (Wildman–Crippen MR) is 117 cm³/mol. The summed E-state index contributed by atoms with van der Waals surface area (Å²) in [6.45, 7) is 3.98. The Labute approximate surface area is 175 Å². The van der Waals surface area contributed by atoms with Crippen molar-refractivity contribution < 1.29 is 17.9 Å². The number of sulfonamides is 1. The maximum atomic E-state index is 12.9. The molecule has 0 fully saturated rings. The molecule has 0 bridgehead atoms. The number of carbonyl (C=O) groups excluding carboxylic acids is 1. The Kier molecular flexibility index (Phi) is 6.12. The molecule has 1 aromatic heterocycles. The van der Waals surface area contributed by atoms with E-state index in [0.717, 1.165) is 23.2 Å². The molecule has 2 aromatic carbocycles. The Hall–Kier alpha value is -3.33. The molecular weight excluding hydrogens is 404 g/mol. The van der Waals surface area contributed by atoms with Gasteiger partial charge in [0.25, 0.3) is 5.91 Å². The first kappa shape index (κ1) is 21.4. The lowest BCUT2D eigenvalue weighted by Crippen LogP contribution is -2.15. The molecule has 158 valence electrons. The number of rotatable bonds is 7. The molecule has 0 spiro atoms. The number of hydrogen-bond donors (Lipinski definition) is 2. The van der Waals surface area contributed by atoms with Crippen molar-refractivity contribution in [2.45, 2.75) is 20.3 Å². The first-order chi connectivity index (χ1) is 14.2. The molecule has 3 aromatic rings. The van der Waals surface area contributed by atoms with Gasteiger partial charge < -0.3 is 10.1 Å². The number of ether oxygens (including phenoxy) is 1. The number of aromatic nitrogens is 2. The summed E-state index contributed by atoms with van der Waals surface area (Å²) in [5, 5.41) is 7.21. The highest BCUT2D eigenvalue weighted by molar-refractivity contribution is 7.92. The summed E-state index contributed by atoms with van der Waals surface area (Å²) in [6, 6.07) is 12.6. The topological polar surface area (TPSA) is 102 Å². The Morgan fingerprint density at radius 1 is 1.17 bits per heavy atom. The summed E-state index contributed by atoms with van der Waals surface area (Å²) in [6.07, 6.45) is 3.22. The lowest BCUT2D eigenvalue weighted by atomic mass is 10.1. The molecule has 3 rings (SSSR count). The van der Waals surface area contributed by atoms with Gasteiger partial charge in [-0.1, -0.05) is 24.6 Å². The standard InChI is InChI=1S/C21H24N4O4S/c1-5-19-17(13-22-25(19)16-9-6-14(2)7-10-16)21(26)23-15-8-11-18(20(12-15)29-3)24-30(4,27)28/h6-13,24H,5H2,1-4H3,(H,23,26). The van der Waals surface area contributed by atoms with Crippen molar-refractivity contribution in [3.05, 3.63) is 65.5 Å². The summed E-state index contributed by atoms with van der Waals surface area (Å²) in [7, 11) is -2.03. The van der Waals surface area contributed by atoms with E-state index in [4.69, 9.17) is 4.74 Å². The molecule has 0 atom stereocenters. The van der Waals surface area contributed by atoms with Crippen LogP contribution in [0, 0.1) is 6.92 Å². The number of methoxy groups -OCH3 is 1. The van der Waals surface area contributed by atoms with Gasteiger partial charge in [-0.15, -0.1) is 0 Å². The molecule has 0 radical (unpaired) electrons. The number of benzene rings is 2. The molecule has 0 aliphatic rings. The molecule has 0 aliphatic heterocycles. The molecule has 1 heterocycles. The van der Waals surface area contributed by atoms with E-state index in [0.29, 0.717) is 29.1 Å². The summed E-state index contributed by atoms with van der Waals surface area (Å²) in [5.41, 5.74) is 4.05. The monoisotopic (exact) mass is 428 g/mol. The maximum absolute atomic E-state index is 12.9. The van der Waals surface area contributed by atoms with E-state index >= 15 is 0 Å². The number of hydrogen-bond acceptors (Lipinski definition) is 5. The van der Waals surface area contributed by atoms with Crippen LogP contribution in [0.3, 0.4) is 0 Å². The largest absolute Gasteiger partial charge is 0.494 e. The average molecular weight is 429 g/mol. The first-order valence-electron chi connectivity index (χ1n) is 9.33. The van der Waals surface area contributed by atoms with Gasteiger partial charge in [0.1, 0.15) is 5.75 Å². The Morgan fingerprint density at radius 3 is 2.47 bits per heavy atom. The van der Waals surface area contributed by atoms with Crippen molar-refractivity contribution in [1.82, 2.24) is 9.78 Å². The second kappa shape index (κ2) is 8.58. The molecule has 0 unspecified atom stereocenters. The van der Waals surface area contributed by atoms with Gasteiger partial charge in [-0.05, 0) is 37.6 Å². The zero-order valence-electron chi connectivity index (χ0n) is 17.3. The minimum Gasteiger partial charge on any atom is -0.494 e. The van der Waals surface area contributed by atoms with Gasteiger partial charge >= 0.3 is 0 Å². The minimum absolute atomic E-state index is 0.291. The van der Waals surface area contributed by atoms with Crippen molar-refractivity contribution in [3.8, 4) is 11.4 Å². The molecule has 1 amide bonds. The van der Waals surface area contributed by atoms with Crippen molar-refractivity contribution in [3.63, 3.8) is 0 Å². The minimum atomic E-state index is -3.45.